The van der Waals surface area contributed by atoms with Crippen LogP contribution < -0.4 is 15.7 Å². The van der Waals surface area contributed by atoms with Gasteiger partial charge in [-0.3, -0.25) is 9.69 Å². The van der Waals surface area contributed by atoms with Gasteiger partial charge >= 0.3 is 5.63 Å². The molecule has 2 heterocycles. The molecule has 1 aliphatic rings. The Morgan fingerprint density at radius 1 is 1.07 bits per heavy atom. The molecule has 0 radical (unpaired) electrons. The first kappa shape index (κ1) is 20.0. The number of piperazine rings is 1. The van der Waals surface area contributed by atoms with Crippen molar-refractivity contribution in [1.29, 1.82) is 0 Å². The molecule has 0 saturated carbocycles. The SMILES string of the molecule is COc1cccc(C(=O)N2CCN(CCNc3cc(=O)oc4ccccc34)CC2)c1. The molecule has 7 heteroatoms. The first-order chi connectivity index (χ1) is 14.6. The molecule has 0 aliphatic carbocycles. The molecule has 1 amide bonds. The van der Waals surface area contributed by atoms with Crippen molar-refractivity contribution in [2.45, 2.75) is 0 Å². The average Bonchev–Trinajstić information content (AvgIpc) is 2.79. The molecule has 1 aromatic heterocycles. The Labute approximate surface area is 174 Å². The van der Waals surface area contributed by atoms with Crippen molar-refractivity contribution in [2.75, 3.05) is 51.7 Å². The topological polar surface area (TPSA) is 75.0 Å². The molecule has 2 aromatic carbocycles. The smallest absolute Gasteiger partial charge is 0.338 e. The van der Waals surface area contributed by atoms with E-state index in [1.807, 2.05) is 41.3 Å². The third-order valence-electron chi connectivity index (χ3n) is 5.37. The molecule has 4 rings (SSSR count). The Bertz CT molecular complexity index is 1090. The van der Waals surface area contributed by atoms with E-state index in [4.69, 9.17) is 9.15 Å². The van der Waals surface area contributed by atoms with Crippen LogP contribution in [0.3, 0.4) is 0 Å². The molecule has 1 N–H and O–H groups in total. The minimum absolute atomic E-state index is 0.0363. The minimum Gasteiger partial charge on any atom is -0.497 e. The van der Waals surface area contributed by atoms with Gasteiger partial charge in [-0.25, -0.2) is 4.79 Å². The number of para-hydroxylation sites is 1. The van der Waals surface area contributed by atoms with Crippen LogP contribution in [0.25, 0.3) is 11.0 Å². The number of amides is 1. The zero-order valence-electron chi connectivity index (χ0n) is 17.0. The van der Waals surface area contributed by atoms with Gasteiger partial charge in [0.15, 0.2) is 0 Å². The molecule has 1 saturated heterocycles. The summed E-state index contributed by atoms with van der Waals surface area (Å²) in [5.74, 6) is 0.724. The number of anilines is 1. The van der Waals surface area contributed by atoms with Crippen molar-refractivity contribution in [3.63, 3.8) is 0 Å². The van der Waals surface area contributed by atoms with E-state index in [-0.39, 0.29) is 11.5 Å². The normalized spacial score (nSPS) is 14.6. The lowest BCUT2D eigenvalue weighted by atomic mass is 10.1. The highest BCUT2D eigenvalue weighted by Crippen LogP contribution is 2.21. The predicted octanol–water partition coefficient (Wildman–Crippen LogP) is 2.67. The third-order valence-corrected chi connectivity index (χ3v) is 5.37. The van der Waals surface area contributed by atoms with Crippen molar-refractivity contribution in [3.8, 4) is 5.75 Å². The number of benzene rings is 2. The second-order valence-electron chi connectivity index (χ2n) is 7.27. The van der Waals surface area contributed by atoms with E-state index in [9.17, 15) is 9.59 Å². The van der Waals surface area contributed by atoms with Crippen LogP contribution in [0.5, 0.6) is 5.75 Å². The first-order valence-electron chi connectivity index (χ1n) is 10.1. The number of nitrogens with one attached hydrogen (secondary N) is 1. The first-order valence-corrected chi connectivity index (χ1v) is 10.1. The average molecular weight is 407 g/mol. The van der Waals surface area contributed by atoms with E-state index in [1.165, 1.54) is 6.07 Å². The lowest BCUT2D eigenvalue weighted by Crippen LogP contribution is -2.49. The van der Waals surface area contributed by atoms with E-state index >= 15 is 0 Å². The second-order valence-corrected chi connectivity index (χ2v) is 7.27. The van der Waals surface area contributed by atoms with Gasteiger partial charge in [-0.2, -0.15) is 0 Å². The molecule has 1 aliphatic heterocycles. The molecule has 0 bridgehead atoms. The predicted molar refractivity (Wildman–Crippen MR) is 116 cm³/mol. The molecule has 156 valence electrons. The number of fused-ring (bicyclic) bond motifs is 1. The molecule has 3 aromatic rings. The molecule has 1 fully saturated rings. The minimum atomic E-state index is -0.360. The summed E-state index contributed by atoms with van der Waals surface area (Å²) in [7, 11) is 1.60. The highest BCUT2D eigenvalue weighted by molar-refractivity contribution is 5.94. The van der Waals surface area contributed by atoms with Crippen molar-refractivity contribution in [1.82, 2.24) is 9.80 Å². The third kappa shape index (κ3) is 4.46. The number of carbonyl (C=O) groups excluding carboxylic acids is 1. The fourth-order valence-electron chi connectivity index (χ4n) is 3.72. The Kier molecular flexibility index (Phi) is 5.99. The fraction of sp³-hybridized carbons (Fsp3) is 0.304. The van der Waals surface area contributed by atoms with Crippen LogP contribution in [0.1, 0.15) is 10.4 Å². The van der Waals surface area contributed by atoms with Crippen LogP contribution in [0.2, 0.25) is 0 Å². The van der Waals surface area contributed by atoms with Gasteiger partial charge in [-0.1, -0.05) is 18.2 Å². The number of nitrogens with zero attached hydrogens (tertiary/aromatic N) is 2. The van der Waals surface area contributed by atoms with Crippen molar-refractivity contribution < 1.29 is 13.9 Å². The Morgan fingerprint density at radius 3 is 2.67 bits per heavy atom. The summed E-state index contributed by atoms with van der Waals surface area (Å²) < 4.78 is 10.4. The summed E-state index contributed by atoms with van der Waals surface area (Å²) in [5, 5.41) is 4.25. The van der Waals surface area contributed by atoms with Crippen LogP contribution in [0, 0.1) is 0 Å². The van der Waals surface area contributed by atoms with Gasteiger partial charge < -0.3 is 19.4 Å². The van der Waals surface area contributed by atoms with E-state index in [1.54, 1.807) is 19.2 Å². The maximum atomic E-state index is 12.7. The van der Waals surface area contributed by atoms with Gasteiger partial charge in [0, 0.05) is 56.3 Å². The summed E-state index contributed by atoms with van der Waals surface area (Å²) in [5.41, 5.74) is 1.66. The van der Waals surface area contributed by atoms with Crippen LogP contribution in [-0.2, 0) is 0 Å². The lowest BCUT2D eigenvalue weighted by Gasteiger charge is -2.34. The second kappa shape index (κ2) is 9.00. The molecular formula is C23H25N3O4. The van der Waals surface area contributed by atoms with Gasteiger partial charge in [0.1, 0.15) is 11.3 Å². The lowest BCUT2D eigenvalue weighted by molar-refractivity contribution is 0.0641. The molecule has 7 nitrogen and oxygen atoms in total. The maximum Gasteiger partial charge on any atom is 0.338 e. The van der Waals surface area contributed by atoms with Gasteiger partial charge in [-0.15, -0.1) is 0 Å². The zero-order valence-corrected chi connectivity index (χ0v) is 17.0. The number of methoxy groups -OCH3 is 1. The van der Waals surface area contributed by atoms with Crippen LogP contribution >= 0.6 is 0 Å². The fourth-order valence-corrected chi connectivity index (χ4v) is 3.72. The standard InChI is InChI=1S/C23H25N3O4/c1-29-18-6-4-5-17(15-18)23(28)26-13-11-25(12-14-26)10-9-24-20-16-22(27)30-21-8-3-2-7-19(20)21/h2-8,15-16,24H,9-14H2,1H3. The number of hydrogen-bond donors (Lipinski definition) is 1. The summed E-state index contributed by atoms with van der Waals surface area (Å²) in [6, 6.07) is 16.3. The zero-order chi connectivity index (χ0) is 20.9. The molecule has 30 heavy (non-hydrogen) atoms. The van der Waals surface area contributed by atoms with Crippen molar-refractivity contribution >= 4 is 22.6 Å². The summed E-state index contributed by atoms with van der Waals surface area (Å²) >= 11 is 0. The molecule has 0 unspecified atom stereocenters. The Morgan fingerprint density at radius 2 is 1.87 bits per heavy atom. The highest BCUT2D eigenvalue weighted by atomic mass is 16.5. The highest BCUT2D eigenvalue weighted by Gasteiger charge is 2.22. The van der Waals surface area contributed by atoms with E-state index < -0.39 is 0 Å². The quantitative estimate of drug-likeness (QED) is 0.634. The van der Waals surface area contributed by atoms with Crippen LogP contribution in [0.15, 0.2) is 63.8 Å². The molecule has 0 spiro atoms. The van der Waals surface area contributed by atoms with Crippen molar-refractivity contribution in [2.24, 2.45) is 0 Å². The van der Waals surface area contributed by atoms with E-state index in [0.717, 1.165) is 30.7 Å². The van der Waals surface area contributed by atoms with Crippen LogP contribution in [0.4, 0.5) is 5.69 Å². The largest absolute Gasteiger partial charge is 0.497 e. The van der Waals surface area contributed by atoms with Gasteiger partial charge in [0.25, 0.3) is 5.91 Å². The Balaban J connectivity index is 1.29. The maximum absolute atomic E-state index is 12.7. The number of ether oxygens (including phenoxy) is 1. The van der Waals surface area contributed by atoms with Gasteiger partial charge in [0.2, 0.25) is 0 Å². The summed E-state index contributed by atoms with van der Waals surface area (Å²) in [6.45, 7) is 4.54. The van der Waals surface area contributed by atoms with E-state index in [0.29, 0.717) is 36.5 Å². The van der Waals surface area contributed by atoms with Crippen molar-refractivity contribution in [3.05, 3.63) is 70.6 Å². The number of hydrogen-bond acceptors (Lipinski definition) is 6. The van der Waals surface area contributed by atoms with E-state index in [2.05, 4.69) is 10.2 Å². The van der Waals surface area contributed by atoms with Crippen LogP contribution in [-0.4, -0.2) is 62.1 Å². The number of carbonyl (C=O) groups is 1. The van der Waals surface area contributed by atoms with Gasteiger partial charge in [-0.05, 0) is 30.3 Å². The summed E-state index contributed by atoms with van der Waals surface area (Å²) in [6.07, 6.45) is 0. The number of rotatable bonds is 6. The summed E-state index contributed by atoms with van der Waals surface area (Å²) in [4.78, 5) is 28.7. The Hall–Kier alpha value is -3.32. The monoisotopic (exact) mass is 407 g/mol. The van der Waals surface area contributed by atoms with Gasteiger partial charge in [0.05, 0.1) is 12.8 Å². The molecular weight excluding hydrogens is 382 g/mol. The molecule has 0 atom stereocenters.